The summed E-state index contributed by atoms with van der Waals surface area (Å²) in [5.41, 5.74) is 3.85. The van der Waals surface area contributed by atoms with Gasteiger partial charge in [-0.15, -0.1) is 11.3 Å². The van der Waals surface area contributed by atoms with E-state index in [-0.39, 0.29) is 5.91 Å². The molecule has 4 rings (SSSR count). The third-order valence-electron chi connectivity index (χ3n) is 4.75. The second kappa shape index (κ2) is 10.5. The molecule has 0 aliphatic carbocycles. The maximum atomic E-state index is 12.4. The van der Waals surface area contributed by atoms with E-state index in [0.29, 0.717) is 25.4 Å². The summed E-state index contributed by atoms with van der Waals surface area (Å²) in [6, 6.07) is 15.6. The number of carbonyl (C=O) groups excluding carboxylic acids is 1. The Bertz CT molecular complexity index is 1200. The average molecular weight is 446 g/mol. The number of benzene rings is 2. The lowest BCUT2D eigenvalue weighted by Gasteiger charge is -2.10. The molecule has 32 heavy (non-hydrogen) atoms. The molecule has 0 atom stereocenters. The van der Waals surface area contributed by atoms with Crippen LogP contribution in [0.5, 0.6) is 5.75 Å². The second-order valence-electron chi connectivity index (χ2n) is 7.10. The normalized spacial score (nSPS) is 11.0. The molecule has 0 unspecified atom stereocenters. The molecule has 162 valence electrons. The lowest BCUT2D eigenvalue weighted by atomic mass is 10.1. The summed E-state index contributed by atoms with van der Waals surface area (Å²) in [6.07, 6.45) is 6.47. The van der Waals surface area contributed by atoms with Gasteiger partial charge in [-0.2, -0.15) is 5.10 Å². The highest BCUT2D eigenvalue weighted by atomic mass is 32.1. The molecule has 0 aliphatic heterocycles. The quantitative estimate of drug-likeness (QED) is 0.394. The Kier molecular flexibility index (Phi) is 7.04. The fourth-order valence-electron chi connectivity index (χ4n) is 3.16. The monoisotopic (exact) mass is 445 g/mol. The summed E-state index contributed by atoms with van der Waals surface area (Å²) in [7, 11) is 0. The van der Waals surface area contributed by atoms with Gasteiger partial charge < -0.3 is 10.1 Å². The van der Waals surface area contributed by atoms with Crippen LogP contribution in [0.2, 0.25) is 0 Å². The zero-order chi connectivity index (χ0) is 22.2. The van der Waals surface area contributed by atoms with E-state index in [1.54, 1.807) is 28.4 Å². The molecule has 1 N–H and O–H groups in total. The second-order valence-corrected chi connectivity index (χ2v) is 8.16. The molecular formula is C24H23N5O2S. The number of para-hydroxylation sites is 1. The Hall–Kier alpha value is -3.78. The topological polar surface area (TPSA) is 81.9 Å². The van der Waals surface area contributed by atoms with Gasteiger partial charge in [0, 0.05) is 23.6 Å². The first-order valence-corrected chi connectivity index (χ1v) is 11.0. The average Bonchev–Trinajstić information content (AvgIpc) is 3.48. The number of nitrogens with zero attached hydrogens (tertiary/aromatic N) is 4. The number of aryl methyl sites for hydroxylation is 1. The fourth-order valence-corrected chi connectivity index (χ4v) is 3.75. The number of amides is 1. The summed E-state index contributed by atoms with van der Waals surface area (Å²) in [5, 5.41) is 10.1. The van der Waals surface area contributed by atoms with Crippen molar-refractivity contribution < 1.29 is 9.53 Å². The van der Waals surface area contributed by atoms with Crippen molar-refractivity contribution in [2.24, 2.45) is 0 Å². The van der Waals surface area contributed by atoms with Crippen LogP contribution in [0, 0.1) is 6.92 Å². The SMILES string of the molecule is Cc1nc(COc2ccccc2/C=C/C(=O)NCc2ccccc2Cn2cncn2)cs1. The molecule has 8 heteroatoms. The van der Waals surface area contributed by atoms with E-state index in [1.807, 2.05) is 60.8 Å². The Morgan fingerprint density at radius 3 is 2.75 bits per heavy atom. The Morgan fingerprint density at radius 2 is 1.97 bits per heavy atom. The molecule has 0 radical (unpaired) electrons. The van der Waals surface area contributed by atoms with E-state index in [9.17, 15) is 4.79 Å². The van der Waals surface area contributed by atoms with Crippen LogP contribution < -0.4 is 10.1 Å². The van der Waals surface area contributed by atoms with Crippen LogP contribution in [0.1, 0.15) is 27.4 Å². The van der Waals surface area contributed by atoms with E-state index < -0.39 is 0 Å². The summed E-state index contributed by atoms with van der Waals surface area (Å²) < 4.78 is 7.67. The molecule has 7 nitrogen and oxygen atoms in total. The van der Waals surface area contributed by atoms with Crippen LogP contribution in [0.4, 0.5) is 0 Å². The summed E-state index contributed by atoms with van der Waals surface area (Å²) in [6.45, 7) is 3.39. The van der Waals surface area contributed by atoms with Crippen LogP contribution in [0.25, 0.3) is 6.08 Å². The van der Waals surface area contributed by atoms with Crippen LogP contribution >= 0.6 is 11.3 Å². The molecule has 0 fully saturated rings. The first-order valence-electron chi connectivity index (χ1n) is 10.2. The molecule has 0 spiro atoms. The van der Waals surface area contributed by atoms with Crippen molar-refractivity contribution in [3.63, 3.8) is 0 Å². The molecule has 2 aromatic heterocycles. The van der Waals surface area contributed by atoms with Crippen molar-refractivity contribution in [2.45, 2.75) is 26.6 Å². The largest absolute Gasteiger partial charge is 0.487 e. The lowest BCUT2D eigenvalue weighted by Crippen LogP contribution is -2.21. The number of nitrogens with one attached hydrogen (secondary N) is 1. The van der Waals surface area contributed by atoms with Gasteiger partial charge in [-0.3, -0.25) is 4.79 Å². The van der Waals surface area contributed by atoms with E-state index >= 15 is 0 Å². The van der Waals surface area contributed by atoms with Gasteiger partial charge in [0.2, 0.25) is 5.91 Å². The van der Waals surface area contributed by atoms with Gasteiger partial charge in [0.15, 0.2) is 0 Å². The number of aromatic nitrogens is 4. The van der Waals surface area contributed by atoms with E-state index in [2.05, 4.69) is 20.4 Å². The number of hydrogen-bond donors (Lipinski definition) is 1. The molecule has 2 aromatic carbocycles. The van der Waals surface area contributed by atoms with Gasteiger partial charge >= 0.3 is 0 Å². The van der Waals surface area contributed by atoms with Crippen molar-refractivity contribution >= 4 is 23.3 Å². The van der Waals surface area contributed by atoms with Crippen LogP contribution in [0.15, 0.2) is 72.6 Å². The zero-order valence-electron chi connectivity index (χ0n) is 17.6. The van der Waals surface area contributed by atoms with Crippen molar-refractivity contribution in [1.82, 2.24) is 25.1 Å². The number of hydrogen-bond acceptors (Lipinski definition) is 6. The van der Waals surface area contributed by atoms with Gasteiger partial charge in [0.25, 0.3) is 0 Å². The van der Waals surface area contributed by atoms with Crippen molar-refractivity contribution in [2.75, 3.05) is 0 Å². The minimum absolute atomic E-state index is 0.175. The van der Waals surface area contributed by atoms with Crippen LogP contribution in [0.3, 0.4) is 0 Å². The molecule has 0 saturated heterocycles. The van der Waals surface area contributed by atoms with Gasteiger partial charge in [0.1, 0.15) is 25.0 Å². The van der Waals surface area contributed by atoms with E-state index in [4.69, 9.17) is 4.74 Å². The highest BCUT2D eigenvalue weighted by Crippen LogP contribution is 2.21. The van der Waals surface area contributed by atoms with Crippen molar-refractivity contribution in [3.8, 4) is 5.75 Å². The van der Waals surface area contributed by atoms with Crippen LogP contribution in [-0.4, -0.2) is 25.7 Å². The summed E-state index contributed by atoms with van der Waals surface area (Å²) in [4.78, 5) is 20.8. The number of ether oxygens (including phenoxy) is 1. The first kappa shape index (κ1) is 21.5. The molecule has 0 bridgehead atoms. The van der Waals surface area contributed by atoms with E-state index in [0.717, 1.165) is 27.4 Å². The molecular weight excluding hydrogens is 422 g/mol. The highest BCUT2D eigenvalue weighted by Gasteiger charge is 2.06. The number of thiazole rings is 1. The minimum Gasteiger partial charge on any atom is -0.487 e. The molecule has 0 aliphatic rings. The van der Waals surface area contributed by atoms with Gasteiger partial charge in [-0.05, 0) is 30.2 Å². The first-order chi connectivity index (χ1) is 15.7. The fraction of sp³-hybridized carbons (Fsp3) is 0.167. The Balaban J connectivity index is 1.35. The van der Waals surface area contributed by atoms with E-state index in [1.165, 1.54) is 12.4 Å². The predicted octanol–water partition coefficient (Wildman–Crippen LogP) is 4.00. The maximum Gasteiger partial charge on any atom is 0.244 e. The molecule has 4 aromatic rings. The molecule has 1 amide bonds. The van der Waals surface area contributed by atoms with Gasteiger partial charge in [-0.25, -0.2) is 14.6 Å². The number of rotatable bonds is 9. The van der Waals surface area contributed by atoms with Gasteiger partial charge in [-0.1, -0.05) is 42.5 Å². The lowest BCUT2D eigenvalue weighted by molar-refractivity contribution is -0.116. The minimum atomic E-state index is -0.175. The standard InChI is InChI=1S/C24H23N5O2S/c1-18-28-22(15-32-18)14-31-23-9-5-4-6-19(23)10-11-24(30)26-12-20-7-2-3-8-21(20)13-29-17-25-16-27-29/h2-11,15-17H,12-14H2,1H3,(H,26,30)/b11-10+. The van der Waals surface area contributed by atoms with Crippen molar-refractivity contribution in [3.05, 3.63) is 100 Å². The zero-order valence-corrected chi connectivity index (χ0v) is 18.5. The summed E-state index contributed by atoms with van der Waals surface area (Å²) >= 11 is 1.60. The predicted molar refractivity (Wildman–Crippen MR) is 124 cm³/mol. The summed E-state index contributed by atoms with van der Waals surface area (Å²) in [5.74, 6) is 0.533. The highest BCUT2D eigenvalue weighted by molar-refractivity contribution is 7.09. The third-order valence-corrected chi connectivity index (χ3v) is 5.57. The van der Waals surface area contributed by atoms with Crippen LogP contribution in [-0.2, 0) is 24.5 Å². The Labute approximate surface area is 190 Å². The smallest absolute Gasteiger partial charge is 0.244 e. The third kappa shape index (κ3) is 5.89. The number of carbonyl (C=O) groups is 1. The van der Waals surface area contributed by atoms with Gasteiger partial charge in [0.05, 0.1) is 17.2 Å². The Morgan fingerprint density at radius 1 is 1.16 bits per heavy atom. The molecule has 2 heterocycles. The maximum absolute atomic E-state index is 12.4. The molecule has 0 saturated carbocycles. The van der Waals surface area contributed by atoms with Crippen molar-refractivity contribution in [1.29, 1.82) is 0 Å².